The van der Waals surface area contributed by atoms with E-state index in [0.29, 0.717) is 5.02 Å². The van der Waals surface area contributed by atoms with Crippen molar-refractivity contribution < 1.29 is 19.4 Å². The molecule has 1 atom stereocenters. The highest BCUT2D eigenvalue weighted by molar-refractivity contribution is 6.31. The molecule has 6 nitrogen and oxygen atoms in total. The number of hydrogen-bond donors (Lipinski definition) is 2. The number of aliphatic carboxylic acids is 1. The fourth-order valence-electron chi connectivity index (χ4n) is 2.43. The minimum Gasteiger partial charge on any atom is -0.480 e. The highest BCUT2D eigenvalue weighted by atomic mass is 35.5. The van der Waals surface area contributed by atoms with Gasteiger partial charge in [0.2, 0.25) is 0 Å². The lowest BCUT2D eigenvalue weighted by atomic mass is 10.1. The molecule has 1 unspecified atom stereocenters. The standard InChI is InChI=1S/C17H21ClN2O4/c1-17(2,3)24-16(23)19-13(15(21)22)9-12-8-10-7-11(18)5-6-14(10)20(12)4/h5-8,13H,9H2,1-4H3,(H,19,23)(H,21,22). The van der Waals surface area contributed by atoms with Crippen LogP contribution < -0.4 is 5.32 Å². The molecule has 0 saturated heterocycles. The molecule has 1 amide bonds. The first-order valence-corrected chi connectivity index (χ1v) is 7.91. The first-order chi connectivity index (χ1) is 11.1. The van der Waals surface area contributed by atoms with Crippen LogP contribution in [-0.2, 0) is 23.0 Å². The summed E-state index contributed by atoms with van der Waals surface area (Å²) >= 11 is 5.99. The van der Waals surface area contributed by atoms with Gasteiger partial charge in [0, 0.05) is 35.1 Å². The molecule has 0 aliphatic carbocycles. The molecule has 0 spiro atoms. The van der Waals surface area contributed by atoms with E-state index in [1.54, 1.807) is 26.8 Å². The second-order valence-electron chi connectivity index (χ2n) is 6.64. The molecule has 1 aromatic heterocycles. The van der Waals surface area contributed by atoms with Gasteiger partial charge in [0.05, 0.1) is 0 Å². The third-order valence-corrected chi connectivity index (χ3v) is 3.74. The lowest BCUT2D eigenvalue weighted by Gasteiger charge is -2.22. The molecule has 2 rings (SSSR count). The average Bonchev–Trinajstić information content (AvgIpc) is 2.71. The summed E-state index contributed by atoms with van der Waals surface area (Å²) in [5, 5.41) is 13.3. The van der Waals surface area contributed by atoms with Crippen LogP contribution in [0.3, 0.4) is 0 Å². The summed E-state index contributed by atoms with van der Waals surface area (Å²) in [6, 6.07) is 6.25. The number of nitrogens with zero attached hydrogens (tertiary/aromatic N) is 1. The first kappa shape index (κ1) is 18.1. The molecule has 0 aliphatic heterocycles. The van der Waals surface area contributed by atoms with Crippen LogP contribution in [0.5, 0.6) is 0 Å². The van der Waals surface area contributed by atoms with Crippen LogP contribution in [0.4, 0.5) is 4.79 Å². The molecule has 0 radical (unpaired) electrons. The molecule has 1 aromatic carbocycles. The number of alkyl carbamates (subject to hydrolysis) is 1. The van der Waals surface area contributed by atoms with Crippen LogP contribution in [0.1, 0.15) is 26.5 Å². The molecule has 0 saturated carbocycles. The zero-order valence-electron chi connectivity index (χ0n) is 14.1. The number of carboxylic acid groups (broad SMARTS) is 1. The van der Waals surface area contributed by atoms with E-state index in [1.807, 2.05) is 29.8 Å². The monoisotopic (exact) mass is 352 g/mol. The van der Waals surface area contributed by atoms with Crippen molar-refractivity contribution in [2.75, 3.05) is 0 Å². The SMILES string of the molecule is Cn1c(CC(NC(=O)OC(C)(C)C)C(=O)O)cc2cc(Cl)ccc21. The van der Waals surface area contributed by atoms with E-state index in [2.05, 4.69) is 5.32 Å². The van der Waals surface area contributed by atoms with Crippen LogP contribution in [0, 0.1) is 0 Å². The molecule has 24 heavy (non-hydrogen) atoms. The number of hydrogen-bond acceptors (Lipinski definition) is 3. The minimum absolute atomic E-state index is 0.136. The molecule has 0 bridgehead atoms. The third-order valence-electron chi connectivity index (χ3n) is 3.51. The maximum Gasteiger partial charge on any atom is 0.408 e. The molecule has 2 N–H and O–H groups in total. The van der Waals surface area contributed by atoms with Crippen LogP contribution in [0.25, 0.3) is 10.9 Å². The number of ether oxygens (including phenoxy) is 1. The number of rotatable bonds is 4. The number of fused-ring (bicyclic) bond motifs is 1. The highest BCUT2D eigenvalue weighted by Gasteiger charge is 2.25. The van der Waals surface area contributed by atoms with Crippen LogP contribution in [0.15, 0.2) is 24.3 Å². The second kappa shape index (κ2) is 6.73. The van der Waals surface area contributed by atoms with Crippen molar-refractivity contribution in [2.24, 2.45) is 7.05 Å². The largest absolute Gasteiger partial charge is 0.480 e. The Bertz CT molecular complexity index is 777. The quantitative estimate of drug-likeness (QED) is 0.884. The van der Waals surface area contributed by atoms with Crippen LogP contribution in [0.2, 0.25) is 5.02 Å². The molecule has 0 aliphatic rings. The molecule has 1 heterocycles. The molecular weight excluding hydrogens is 332 g/mol. The number of amides is 1. The van der Waals surface area contributed by atoms with Crippen molar-refractivity contribution in [1.82, 2.24) is 9.88 Å². The van der Waals surface area contributed by atoms with E-state index < -0.39 is 23.7 Å². The fourth-order valence-corrected chi connectivity index (χ4v) is 2.61. The van der Waals surface area contributed by atoms with Gasteiger partial charge in [-0.3, -0.25) is 0 Å². The van der Waals surface area contributed by atoms with Gasteiger partial charge >= 0.3 is 12.1 Å². The van der Waals surface area contributed by atoms with Crippen molar-refractivity contribution in [3.8, 4) is 0 Å². The first-order valence-electron chi connectivity index (χ1n) is 7.53. The third kappa shape index (κ3) is 4.41. The molecule has 7 heteroatoms. The minimum atomic E-state index is -1.12. The Hall–Kier alpha value is -2.21. The summed E-state index contributed by atoms with van der Waals surface area (Å²) in [7, 11) is 1.85. The van der Waals surface area contributed by atoms with Crippen molar-refractivity contribution in [3.05, 3.63) is 35.0 Å². The normalized spacial score (nSPS) is 12.9. The van der Waals surface area contributed by atoms with Crippen molar-refractivity contribution in [1.29, 1.82) is 0 Å². The zero-order valence-corrected chi connectivity index (χ0v) is 14.8. The van der Waals surface area contributed by atoms with Crippen molar-refractivity contribution in [2.45, 2.75) is 38.8 Å². The average molecular weight is 353 g/mol. The smallest absolute Gasteiger partial charge is 0.408 e. The summed E-state index contributed by atoms with van der Waals surface area (Å²) in [6.07, 6.45) is -0.617. The Morgan fingerprint density at radius 3 is 2.58 bits per heavy atom. The van der Waals surface area contributed by atoms with E-state index in [-0.39, 0.29) is 6.42 Å². The zero-order chi connectivity index (χ0) is 18.1. The number of aryl methyl sites for hydroxylation is 1. The van der Waals surface area contributed by atoms with Crippen molar-refractivity contribution in [3.63, 3.8) is 0 Å². The van der Waals surface area contributed by atoms with Gasteiger partial charge in [-0.25, -0.2) is 9.59 Å². The molecular formula is C17H21ClN2O4. The molecule has 0 fully saturated rings. The predicted molar refractivity (Wildman–Crippen MR) is 92.4 cm³/mol. The fraction of sp³-hybridized carbons (Fsp3) is 0.412. The summed E-state index contributed by atoms with van der Waals surface area (Å²) in [5.74, 6) is -1.12. The number of halogens is 1. The van der Waals surface area contributed by atoms with E-state index >= 15 is 0 Å². The lowest BCUT2D eigenvalue weighted by Crippen LogP contribution is -2.44. The maximum atomic E-state index is 11.8. The van der Waals surface area contributed by atoms with Gasteiger partial charge in [0.1, 0.15) is 11.6 Å². The number of carbonyl (C=O) groups excluding carboxylic acids is 1. The number of carboxylic acids is 1. The predicted octanol–water partition coefficient (Wildman–Crippen LogP) is 3.35. The summed E-state index contributed by atoms with van der Waals surface area (Å²) in [5.41, 5.74) is 1.02. The Labute approximate surface area is 145 Å². The van der Waals surface area contributed by atoms with Gasteiger partial charge in [-0.2, -0.15) is 0 Å². The van der Waals surface area contributed by atoms with Gasteiger partial charge in [-0.1, -0.05) is 11.6 Å². The van der Waals surface area contributed by atoms with Crippen molar-refractivity contribution >= 4 is 34.6 Å². The lowest BCUT2D eigenvalue weighted by molar-refractivity contribution is -0.139. The summed E-state index contributed by atoms with van der Waals surface area (Å²) in [4.78, 5) is 23.3. The number of carbonyl (C=O) groups is 2. The van der Waals surface area contributed by atoms with Gasteiger partial charge in [0.15, 0.2) is 0 Å². The Morgan fingerprint density at radius 1 is 1.33 bits per heavy atom. The van der Waals surface area contributed by atoms with Gasteiger partial charge in [-0.15, -0.1) is 0 Å². The Balaban J connectivity index is 2.20. The van der Waals surface area contributed by atoms with Gasteiger partial charge in [-0.05, 0) is 45.0 Å². The van der Waals surface area contributed by atoms with E-state index in [4.69, 9.17) is 16.3 Å². The Morgan fingerprint density at radius 2 is 2.00 bits per heavy atom. The summed E-state index contributed by atoms with van der Waals surface area (Å²) in [6.45, 7) is 5.15. The highest BCUT2D eigenvalue weighted by Crippen LogP contribution is 2.23. The molecule has 2 aromatic rings. The summed E-state index contributed by atoms with van der Waals surface area (Å²) < 4.78 is 7.01. The topological polar surface area (TPSA) is 80.6 Å². The van der Waals surface area contributed by atoms with Crippen LogP contribution >= 0.6 is 11.6 Å². The van der Waals surface area contributed by atoms with E-state index in [0.717, 1.165) is 16.6 Å². The van der Waals surface area contributed by atoms with Crippen LogP contribution in [-0.4, -0.2) is 33.4 Å². The maximum absolute atomic E-state index is 11.8. The molecule has 130 valence electrons. The number of nitrogens with one attached hydrogen (secondary N) is 1. The van der Waals surface area contributed by atoms with E-state index in [9.17, 15) is 14.7 Å². The second-order valence-corrected chi connectivity index (χ2v) is 7.08. The van der Waals surface area contributed by atoms with E-state index in [1.165, 1.54) is 0 Å². The number of aromatic nitrogens is 1. The number of benzene rings is 1. The Kier molecular flexibility index (Phi) is 5.08. The van der Waals surface area contributed by atoms with Gasteiger partial charge in [0.25, 0.3) is 0 Å². The van der Waals surface area contributed by atoms with Gasteiger partial charge < -0.3 is 19.7 Å².